The van der Waals surface area contributed by atoms with E-state index in [1.54, 1.807) is 0 Å². The minimum atomic E-state index is 0. The highest BCUT2D eigenvalue weighted by molar-refractivity contribution is 4.48. The van der Waals surface area contributed by atoms with E-state index in [2.05, 4.69) is 5.73 Å². The molecule has 0 aliphatic heterocycles. The van der Waals surface area contributed by atoms with Crippen molar-refractivity contribution in [2.45, 2.75) is 77.0 Å². The van der Waals surface area contributed by atoms with Gasteiger partial charge >= 0.3 is 0 Å². The number of aliphatic hydroxyl groups excluding tert-OH is 1. The highest BCUT2D eigenvalue weighted by Gasteiger charge is 1.93. The minimum absolute atomic E-state index is 0. The van der Waals surface area contributed by atoms with Gasteiger partial charge < -0.3 is 23.2 Å². The average Bonchev–Trinajstić information content (AvgIpc) is 2.31. The van der Waals surface area contributed by atoms with Gasteiger partial charge in [0.05, 0.1) is 6.54 Å². The van der Waals surface area contributed by atoms with Crippen molar-refractivity contribution in [3.63, 3.8) is 0 Å². The Bertz CT molecular complexity index is 109. The lowest BCUT2D eigenvalue weighted by Gasteiger charge is -2.02. The van der Waals surface area contributed by atoms with Crippen LogP contribution in [0.1, 0.15) is 77.0 Å². The maximum Gasteiger partial charge on any atom is 0.0739 e. The van der Waals surface area contributed by atoms with Crippen LogP contribution in [-0.4, -0.2) is 18.3 Å². The van der Waals surface area contributed by atoms with E-state index >= 15 is 0 Å². The monoisotopic (exact) mass is 265 g/mol. The molecule has 17 heavy (non-hydrogen) atoms. The van der Waals surface area contributed by atoms with Crippen LogP contribution in [0.25, 0.3) is 0 Å². The van der Waals surface area contributed by atoms with Gasteiger partial charge in [0.15, 0.2) is 0 Å². The second kappa shape index (κ2) is 18.6. The summed E-state index contributed by atoms with van der Waals surface area (Å²) in [4.78, 5) is 0. The van der Waals surface area contributed by atoms with Crippen LogP contribution in [0.3, 0.4) is 0 Å². The van der Waals surface area contributed by atoms with E-state index in [9.17, 15) is 0 Å². The maximum absolute atomic E-state index is 8.62. The Kier molecular flexibility index (Phi) is 21.4. The third-order valence-corrected chi connectivity index (χ3v) is 3.16. The van der Waals surface area contributed by atoms with Crippen LogP contribution in [0.5, 0.6) is 0 Å². The molecule has 0 fully saturated rings. The molecule has 0 aromatic heterocycles. The Morgan fingerprint density at radius 2 is 0.824 bits per heavy atom. The van der Waals surface area contributed by atoms with Gasteiger partial charge in [-0.25, -0.2) is 0 Å². The summed E-state index contributed by atoms with van der Waals surface area (Å²) in [5.74, 6) is 0. The fourth-order valence-corrected chi connectivity index (χ4v) is 2.06. The summed E-state index contributed by atoms with van der Waals surface area (Å²) in [6, 6.07) is 0. The number of halogens is 1. The molecule has 3 heteroatoms. The first-order chi connectivity index (χ1) is 7.91. The Labute approximate surface area is 114 Å². The van der Waals surface area contributed by atoms with Crippen molar-refractivity contribution in [2.24, 2.45) is 0 Å². The molecule has 0 aromatic rings. The SMILES string of the molecule is [Cl-].[NH3+]CCCCCCCCCCCCCCO. The first-order valence-electron chi connectivity index (χ1n) is 7.32. The molecule has 0 heterocycles. The molecule has 0 saturated heterocycles. The van der Waals surface area contributed by atoms with E-state index in [4.69, 9.17) is 5.11 Å². The number of quaternary nitrogens is 1. The first-order valence-corrected chi connectivity index (χ1v) is 7.32. The van der Waals surface area contributed by atoms with Gasteiger partial charge in [-0.2, -0.15) is 0 Å². The summed E-state index contributed by atoms with van der Waals surface area (Å²) < 4.78 is 0. The topological polar surface area (TPSA) is 47.9 Å². The molecule has 0 spiro atoms. The van der Waals surface area contributed by atoms with Crippen LogP contribution in [0.2, 0.25) is 0 Å². The molecule has 0 unspecified atom stereocenters. The Morgan fingerprint density at radius 1 is 0.529 bits per heavy atom. The minimum Gasteiger partial charge on any atom is -1.00 e. The molecular weight excluding hydrogens is 234 g/mol. The number of unbranched alkanes of at least 4 members (excludes halogenated alkanes) is 11. The van der Waals surface area contributed by atoms with Gasteiger partial charge in [-0.05, 0) is 19.3 Å². The van der Waals surface area contributed by atoms with Gasteiger partial charge in [-0.3, -0.25) is 0 Å². The predicted octanol–water partition coefficient (Wildman–Crippen LogP) is -0.0942. The lowest BCUT2D eigenvalue weighted by atomic mass is 10.1. The largest absolute Gasteiger partial charge is 1.00 e. The smallest absolute Gasteiger partial charge is 0.0739 e. The zero-order valence-corrected chi connectivity index (χ0v) is 12.2. The molecule has 0 radical (unpaired) electrons. The van der Waals surface area contributed by atoms with E-state index < -0.39 is 0 Å². The van der Waals surface area contributed by atoms with E-state index in [0.717, 1.165) is 13.0 Å². The predicted molar refractivity (Wildman–Crippen MR) is 70.2 cm³/mol. The highest BCUT2D eigenvalue weighted by atomic mass is 35.5. The summed E-state index contributed by atoms with van der Waals surface area (Å²) in [5.41, 5.74) is 3.86. The van der Waals surface area contributed by atoms with Crippen LogP contribution in [0.4, 0.5) is 0 Å². The van der Waals surface area contributed by atoms with Gasteiger partial charge in [0.2, 0.25) is 0 Å². The Balaban J connectivity index is 0. The maximum atomic E-state index is 8.62. The first kappa shape index (κ1) is 19.5. The fourth-order valence-electron chi connectivity index (χ4n) is 2.06. The molecule has 2 nitrogen and oxygen atoms in total. The van der Waals surface area contributed by atoms with Gasteiger partial charge in [0.1, 0.15) is 0 Å². The molecule has 0 amide bonds. The second-order valence-corrected chi connectivity index (χ2v) is 4.82. The molecule has 106 valence electrons. The average molecular weight is 266 g/mol. The van der Waals surface area contributed by atoms with Crippen LogP contribution in [-0.2, 0) is 0 Å². The highest BCUT2D eigenvalue weighted by Crippen LogP contribution is 2.11. The fraction of sp³-hybridized carbons (Fsp3) is 1.00. The Morgan fingerprint density at radius 3 is 1.12 bits per heavy atom. The van der Waals surface area contributed by atoms with Crippen LogP contribution in [0.15, 0.2) is 0 Å². The van der Waals surface area contributed by atoms with Crippen molar-refractivity contribution >= 4 is 0 Å². The van der Waals surface area contributed by atoms with Crippen molar-refractivity contribution in [3.8, 4) is 0 Å². The van der Waals surface area contributed by atoms with Crippen LogP contribution < -0.4 is 18.1 Å². The number of hydrogen-bond acceptors (Lipinski definition) is 1. The van der Waals surface area contributed by atoms with E-state index in [1.807, 2.05) is 0 Å². The summed E-state index contributed by atoms with van der Waals surface area (Å²) >= 11 is 0. The molecule has 4 N–H and O–H groups in total. The van der Waals surface area contributed by atoms with Crippen molar-refractivity contribution in [1.82, 2.24) is 0 Å². The van der Waals surface area contributed by atoms with Crippen molar-refractivity contribution in [3.05, 3.63) is 0 Å². The lowest BCUT2D eigenvalue weighted by Crippen LogP contribution is -3.00. The van der Waals surface area contributed by atoms with Gasteiger partial charge in [-0.1, -0.05) is 57.8 Å². The molecule has 0 saturated carbocycles. The number of aliphatic hydroxyl groups is 1. The van der Waals surface area contributed by atoms with Crippen molar-refractivity contribution < 1.29 is 23.2 Å². The zero-order valence-electron chi connectivity index (χ0n) is 11.4. The third-order valence-electron chi connectivity index (χ3n) is 3.16. The molecule has 0 rings (SSSR count). The van der Waals surface area contributed by atoms with E-state index in [0.29, 0.717) is 6.61 Å². The molecule has 0 aliphatic carbocycles. The second-order valence-electron chi connectivity index (χ2n) is 4.82. The van der Waals surface area contributed by atoms with Gasteiger partial charge in [0, 0.05) is 6.61 Å². The normalized spacial score (nSPS) is 10.2. The summed E-state index contributed by atoms with van der Waals surface area (Å²) in [6.45, 7) is 1.47. The quantitative estimate of drug-likeness (QED) is 0.449. The molecule has 0 bridgehead atoms. The van der Waals surface area contributed by atoms with Gasteiger partial charge in [0.25, 0.3) is 0 Å². The lowest BCUT2D eigenvalue weighted by molar-refractivity contribution is -0.368. The zero-order chi connectivity index (χ0) is 11.9. The Hall–Kier alpha value is 0.210. The molecule has 0 aliphatic rings. The van der Waals surface area contributed by atoms with Gasteiger partial charge in [-0.15, -0.1) is 0 Å². The van der Waals surface area contributed by atoms with Crippen molar-refractivity contribution in [2.75, 3.05) is 13.2 Å². The van der Waals surface area contributed by atoms with Crippen LogP contribution in [0, 0.1) is 0 Å². The molecule has 0 atom stereocenters. The van der Waals surface area contributed by atoms with E-state index in [-0.39, 0.29) is 12.4 Å². The molecule has 0 aromatic carbocycles. The number of hydrogen-bond donors (Lipinski definition) is 2. The summed E-state index contributed by atoms with van der Waals surface area (Å²) in [7, 11) is 0. The van der Waals surface area contributed by atoms with Crippen molar-refractivity contribution in [1.29, 1.82) is 0 Å². The van der Waals surface area contributed by atoms with E-state index in [1.165, 1.54) is 70.6 Å². The summed E-state index contributed by atoms with van der Waals surface area (Å²) in [6.07, 6.45) is 16.0. The van der Waals surface area contributed by atoms with Crippen LogP contribution >= 0.6 is 0 Å². The molecular formula is C14H32ClNO. The standard InChI is InChI=1S/C14H31NO.ClH/c15-13-11-9-7-5-3-1-2-4-6-8-10-12-14-16;/h16H,1-15H2;1H. The number of rotatable bonds is 13. The summed E-state index contributed by atoms with van der Waals surface area (Å²) in [5, 5.41) is 8.62. The third kappa shape index (κ3) is 18.8.